The minimum atomic E-state index is -0.681. The third-order valence-corrected chi connectivity index (χ3v) is 6.84. The number of halogens is 1. The van der Waals surface area contributed by atoms with Gasteiger partial charge in [-0.15, -0.1) is 0 Å². The molecule has 0 radical (unpaired) electrons. The first-order valence-corrected chi connectivity index (χ1v) is 11.8. The molecule has 0 fully saturated rings. The predicted molar refractivity (Wildman–Crippen MR) is 129 cm³/mol. The van der Waals surface area contributed by atoms with Crippen LogP contribution in [0, 0.1) is 0 Å². The van der Waals surface area contributed by atoms with E-state index in [1.807, 2.05) is 12.1 Å². The van der Waals surface area contributed by atoms with Crippen LogP contribution in [0.3, 0.4) is 0 Å². The molecule has 0 amide bonds. The Morgan fingerprint density at radius 3 is 2.64 bits per heavy atom. The van der Waals surface area contributed by atoms with Gasteiger partial charge in [-0.1, -0.05) is 29.5 Å². The number of carbonyl (C=O) groups excluding carboxylic acids is 1. The van der Waals surface area contributed by atoms with Crippen molar-refractivity contribution in [2.75, 3.05) is 13.7 Å². The molecule has 1 aliphatic heterocycles. The van der Waals surface area contributed by atoms with Gasteiger partial charge in [-0.2, -0.15) is 0 Å². The fraction of sp³-hybridized carbons (Fsp3) is 0.208. The Balaban J connectivity index is 1.94. The standard InChI is InChI=1S/C24H21BrN2O5S/c1-4-32-23(30)20-13(2)26-24-27(21(20)15-6-8-16(31-3)9-7-15)22(29)19(33-24)12-14-5-10-18(28)17(25)11-14/h5-12,21,28H,4H2,1-3H3/t21-/m1/s1. The first-order valence-electron chi connectivity index (χ1n) is 10.2. The van der Waals surface area contributed by atoms with Crippen LogP contribution in [0.2, 0.25) is 0 Å². The van der Waals surface area contributed by atoms with Crippen LogP contribution in [0.4, 0.5) is 0 Å². The second-order valence-corrected chi connectivity index (χ2v) is 9.15. The zero-order chi connectivity index (χ0) is 23.7. The number of aromatic nitrogens is 1. The Morgan fingerprint density at radius 1 is 1.27 bits per heavy atom. The Hall–Kier alpha value is -3.17. The molecule has 0 unspecified atom stereocenters. The minimum absolute atomic E-state index is 0.114. The Labute approximate surface area is 202 Å². The fourth-order valence-corrected chi connectivity index (χ4v) is 5.10. The maximum Gasteiger partial charge on any atom is 0.338 e. The number of ether oxygens (including phenoxy) is 2. The summed E-state index contributed by atoms with van der Waals surface area (Å²) in [6.07, 6.45) is 1.74. The first kappa shape index (κ1) is 23.0. The number of hydrogen-bond acceptors (Lipinski definition) is 7. The van der Waals surface area contributed by atoms with E-state index in [1.54, 1.807) is 57.4 Å². The number of esters is 1. The smallest absolute Gasteiger partial charge is 0.338 e. The molecule has 0 aliphatic carbocycles. The zero-order valence-corrected chi connectivity index (χ0v) is 20.6. The predicted octanol–water partition coefficient (Wildman–Crippen LogP) is 3.28. The molecule has 1 N–H and O–H groups in total. The van der Waals surface area contributed by atoms with E-state index in [0.717, 1.165) is 11.1 Å². The van der Waals surface area contributed by atoms with Crippen molar-refractivity contribution in [2.24, 2.45) is 4.99 Å². The highest BCUT2D eigenvalue weighted by atomic mass is 79.9. The van der Waals surface area contributed by atoms with Gasteiger partial charge in [-0.05, 0) is 71.2 Å². The Morgan fingerprint density at radius 2 is 2.00 bits per heavy atom. The van der Waals surface area contributed by atoms with Crippen molar-refractivity contribution in [2.45, 2.75) is 19.9 Å². The van der Waals surface area contributed by atoms with E-state index in [0.29, 0.717) is 30.8 Å². The quantitative estimate of drug-likeness (QED) is 0.513. The van der Waals surface area contributed by atoms with Gasteiger partial charge >= 0.3 is 5.97 Å². The number of phenols is 1. The number of fused-ring (bicyclic) bond motifs is 1. The molecule has 1 atom stereocenters. The van der Waals surface area contributed by atoms with Gasteiger partial charge in [0.25, 0.3) is 5.56 Å². The van der Waals surface area contributed by atoms with Gasteiger partial charge in [0.2, 0.25) is 0 Å². The Bertz CT molecular complexity index is 1440. The number of allylic oxidation sites excluding steroid dienone is 1. The molecule has 2 aromatic carbocycles. The maximum absolute atomic E-state index is 13.5. The van der Waals surface area contributed by atoms with Crippen LogP contribution in [0.5, 0.6) is 11.5 Å². The molecule has 33 heavy (non-hydrogen) atoms. The highest BCUT2D eigenvalue weighted by Gasteiger charge is 2.33. The van der Waals surface area contributed by atoms with Crippen molar-refractivity contribution in [3.63, 3.8) is 0 Å². The minimum Gasteiger partial charge on any atom is -0.507 e. The van der Waals surface area contributed by atoms with Crippen molar-refractivity contribution < 1.29 is 19.4 Å². The molecule has 4 rings (SSSR count). The number of methoxy groups -OCH3 is 1. The Kier molecular flexibility index (Phi) is 6.53. The molecule has 9 heteroatoms. The van der Waals surface area contributed by atoms with Crippen molar-refractivity contribution in [3.05, 3.63) is 89.0 Å². The van der Waals surface area contributed by atoms with Gasteiger partial charge in [0, 0.05) is 0 Å². The summed E-state index contributed by atoms with van der Waals surface area (Å²) in [4.78, 5) is 31.5. The van der Waals surface area contributed by atoms with Crippen LogP contribution in [-0.2, 0) is 9.53 Å². The lowest BCUT2D eigenvalue weighted by Crippen LogP contribution is -2.39. The van der Waals surface area contributed by atoms with Crippen LogP contribution in [-0.4, -0.2) is 29.4 Å². The van der Waals surface area contributed by atoms with Gasteiger partial charge in [0.1, 0.15) is 11.5 Å². The largest absolute Gasteiger partial charge is 0.507 e. The van der Waals surface area contributed by atoms with Gasteiger partial charge in [-0.3, -0.25) is 9.36 Å². The second kappa shape index (κ2) is 9.36. The van der Waals surface area contributed by atoms with Crippen molar-refractivity contribution in [1.29, 1.82) is 0 Å². The molecule has 0 bridgehead atoms. The molecule has 0 spiro atoms. The van der Waals surface area contributed by atoms with E-state index in [4.69, 9.17) is 9.47 Å². The number of nitrogens with zero attached hydrogens (tertiary/aromatic N) is 2. The molecular formula is C24H21BrN2O5S. The van der Waals surface area contributed by atoms with E-state index in [1.165, 1.54) is 15.9 Å². The monoisotopic (exact) mass is 528 g/mol. The number of hydrogen-bond donors (Lipinski definition) is 1. The summed E-state index contributed by atoms with van der Waals surface area (Å²) in [5.41, 5.74) is 2.06. The van der Waals surface area contributed by atoms with Crippen LogP contribution in [0.1, 0.15) is 31.0 Å². The summed E-state index contributed by atoms with van der Waals surface area (Å²) >= 11 is 4.54. The third kappa shape index (κ3) is 4.38. The van der Waals surface area contributed by atoms with Gasteiger partial charge in [0.15, 0.2) is 4.80 Å². The van der Waals surface area contributed by atoms with Crippen LogP contribution >= 0.6 is 27.3 Å². The first-order chi connectivity index (χ1) is 15.8. The highest BCUT2D eigenvalue weighted by Crippen LogP contribution is 2.31. The average molecular weight is 529 g/mol. The average Bonchev–Trinajstić information content (AvgIpc) is 3.10. The number of carbonyl (C=O) groups is 1. The highest BCUT2D eigenvalue weighted by molar-refractivity contribution is 9.10. The van der Waals surface area contributed by atoms with Crippen LogP contribution in [0.15, 0.2) is 68.0 Å². The number of aromatic hydroxyl groups is 1. The molecule has 1 aromatic heterocycles. The lowest BCUT2D eigenvalue weighted by Gasteiger charge is -2.24. The number of benzene rings is 2. The second-order valence-electron chi connectivity index (χ2n) is 7.29. The molecule has 170 valence electrons. The van der Waals surface area contributed by atoms with Crippen molar-refractivity contribution >= 4 is 39.3 Å². The van der Waals surface area contributed by atoms with Gasteiger partial charge < -0.3 is 14.6 Å². The summed E-state index contributed by atoms with van der Waals surface area (Å²) < 4.78 is 13.1. The molecular weight excluding hydrogens is 508 g/mol. The number of rotatable bonds is 5. The van der Waals surface area contributed by atoms with Gasteiger partial charge in [-0.25, -0.2) is 9.79 Å². The molecule has 3 aromatic rings. The van der Waals surface area contributed by atoms with E-state index in [-0.39, 0.29) is 17.9 Å². The molecule has 0 saturated heterocycles. The topological polar surface area (TPSA) is 90.1 Å². The van der Waals surface area contributed by atoms with Crippen molar-refractivity contribution in [3.8, 4) is 11.5 Å². The van der Waals surface area contributed by atoms with Crippen molar-refractivity contribution in [1.82, 2.24) is 4.57 Å². The SMILES string of the molecule is CCOC(=O)C1=C(C)N=c2sc(=Cc3ccc(O)c(Br)c3)c(=O)n2[C@@H]1c1ccc(OC)cc1. The maximum atomic E-state index is 13.5. The number of phenolic OH excluding ortho intramolecular Hbond substituents is 1. The summed E-state index contributed by atoms with van der Waals surface area (Å²) in [5.74, 6) is 0.279. The van der Waals surface area contributed by atoms with E-state index < -0.39 is 12.0 Å². The molecule has 1 aliphatic rings. The fourth-order valence-electron chi connectivity index (χ4n) is 3.66. The summed E-state index contributed by atoms with van der Waals surface area (Å²) in [6.45, 7) is 3.70. The number of thiazole rings is 1. The molecule has 7 nitrogen and oxygen atoms in total. The van der Waals surface area contributed by atoms with E-state index >= 15 is 0 Å². The lowest BCUT2D eigenvalue weighted by molar-refractivity contribution is -0.139. The molecule has 0 saturated carbocycles. The molecule has 2 heterocycles. The van der Waals surface area contributed by atoms with E-state index in [9.17, 15) is 14.7 Å². The van der Waals surface area contributed by atoms with Gasteiger partial charge in [0.05, 0.1) is 40.0 Å². The lowest BCUT2D eigenvalue weighted by atomic mass is 9.96. The van der Waals surface area contributed by atoms with Crippen LogP contribution in [0.25, 0.3) is 6.08 Å². The van der Waals surface area contributed by atoms with E-state index in [2.05, 4.69) is 20.9 Å². The summed E-state index contributed by atoms with van der Waals surface area (Å²) in [5, 5.41) is 9.75. The third-order valence-electron chi connectivity index (χ3n) is 5.22. The summed E-state index contributed by atoms with van der Waals surface area (Å²) in [7, 11) is 1.58. The van der Waals surface area contributed by atoms with Crippen LogP contribution < -0.4 is 19.6 Å². The normalized spacial score (nSPS) is 15.8. The zero-order valence-electron chi connectivity index (χ0n) is 18.2. The summed E-state index contributed by atoms with van der Waals surface area (Å²) in [6, 6.07) is 11.5.